The number of anilines is 1. The zero-order valence-corrected chi connectivity index (χ0v) is 12.2. The number of nitrogens with one attached hydrogen (secondary N) is 1. The number of nitrogens with zero attached hydrogens (tertiary/aromatic N) is 1. The molecule has 6 heteroatoms. The summed E-state index contributed by atoms with van der Waals surface area (Å²) in [5, 5.41) is 2.48. The second kappa shape index (κ2) is 6.58. The van der Waals surface area contributed by atoms with Gasteiger partial charge in [-0.2, -0.15) is 0 Å². The predicted molar refractivity (Wildman–Crippen MR) is 81.9 cm³/mol. The lowest BCUT2D eigenvalue weighted by atomic mass is 9.92. The molecule has 0 aromatic heterocycles. The molecule has 1 aromatic rings. The standard InChI is InChI=1S/C15H22N4O2/c1-10(16)12-5-3-7-19(9-12)14(20)11-4-2-6-13(8-11)18-15(17)21/h2,4,6,8,10,12H,3,5,7,9,16H2,1H3,(H3,17,18,21). The number of benzene rings is 1. The van der Waals surface area contributed by atoms with Crippen LogP contribution in [0.15, 0.2) is 24.3 Å². The minimum absolute atomic E-state index is 0.0338. The molecule has 114 valence electrons. The topological polar surface area (TPSA) is 101 Å². The highest BCUT2D eigenvalue weighted by atomic mass is 16.2. The maximum atomic E-state index is 12.5. The van der Waals surface area contributed by atoms with Crippen molar-refractivity contribution in [2.24, 2.45) is 17.4 Å². The third-order valence-electron chi connectivity index (χ3n) is 3.87. The van der Waals surface area contributed by atoms with E-state index in [0.29, 0.717) is 23.7 Å². The first-order chi connectivity index (χ1) is 9.97. The van der Waals surface area contributed by atoms with E-state index in [-0.39, 0.29) is 11.9 Å². The first-order valence-electron chi connectivity index (χ1n) is 7.18. The number of carbonyl (C=O) groups excluding carboxylic acids is 2. The van der Waals surface area contributed by atoms with E-state index in [1.165, 1.54) is 0 Å². The molecule has 2 atom stereocenters. The summed E-state index contributed by atoms with van der Waals surface area (Å²) in [7, 11) is 0. The molecule has 0 bridgehead atoms. The van der Waals surface area contributed by atoms with Crippen LogP contribution in [0, 0.1) is 5.92 Å². The average Bonchev–Trinajstić information content (AvgIpc) is 2.46. The van der Waals surface area contributed by atoms with E-state index in [9.17, 15) is 9.59 Å². The van der Waals surface area contributed by atoms with Crippen molar-refractivity contribution >= 4 is 17.6 Å². The van der Waals surface area contributed by atoms with E-state index in [0.717, 1.165) is 19.4 Å². The molecule has 2 rings (SSSR count). The molecule has 1 aromatic carbocycles. The molecule has 3 amide bonds. The molecule has 6 nitrogen and oxygen atoms in total. The van der Waals surface area contributed by atoms with Gasteiger partial charge in [-0.15, -0.1) is 0 Å². The summed E-state index contributed by atoms with van der Waals surface area (Å²) in [4.78, 5) is 25.3. The smallest absolute Gasteiger partial charge is 0.316 e. The van der Waals surface area contributed by atoms with Gasteiger partial charge >= 0.3 is 6.03 Å². The molecule has 0 aliphatic carbocycles. The molecule has 0 saturated carbocycles. The number of amides is 3. The van der Waals surface area contributed by atoms with Crippen LogP contribution >= 0.6 is 0 Å². The monoisotopic (exact) mass is 290 g/mol. The second-order valence-electron chi connectivity index (χ2n) is 5.58. The van der Waals surface area contributed by atoms with Crippen LogP contribution in [0.5, 0.6) is 0 Å². The van der Waals surface area contributed by atoms with Crippen molar-refractivity contribution in [3.05, 3.63) is 29.8 Å². The number of nitrogens with two attached hydrogens (primary N) is 2. The molecule has 1 saturated heterocycles. The lowest BCUT2D eigenvalue weighted by Gasteiger charge is -2.34. The van der Waals surface area contributed by atoms with Gasteiger partial charge in [-0.3, -0.25) is 4.79 Å². The third kappa shape index (κ3) is 3.95. The molecule has 1 aliphatic heterocycles. The molecule has 21 heavy (non-hydrogen) atoms. The Hall–Kier alpha value is -2.08. The van der Waals surface area contributed by atoms with E-state index in [1.54, 1.807) is 24.3 Å². The molecule has 1 aliphatic rings. The Bertz CT molecular complexity index is 530. The van der Waals surface area contributed by atoms with Gasteiger partial charge in [0, 0.05) is 30.4 Å². The van der Waals surface area contributed by atoms with Crippen molar-refractivity contribution in [2.45, 2.75) is 25.8 Å². The number of piperidine rings is 1. The van der Waals surface area contributed by atoms with Crippen molar-refractivity contribution < 1.29 is 9.59 Å². The summed E-state index contributed by atoms with van der Waals surface area (Å²) in [6.45, 7) is 3.41. The predicted octanol–water partition coefficient (Wildman–Crippen LogP) is 1.38. The lowest BCUT2D eigenvalue weighted by molar-refractivity contribution is 0.0661. The molecule has 2 unspecified atom stereocenters. The first-order valence-corrected chi connectivity index (χ1v) is 7.18. The largest absolute Gasteiger partial charge is 0.351 e. The van der Waals surface area contributed by atoms with Gasteiger partial charge < -0.3 is 21.7 Å². The number of carbonyl (C=O) groups is 2. The fraction of sp³-hybridized carbons (Fsp3) is 0.467. The van der Waals surface area contributed by atoms with Gasteiger partial charge in [-0.25, -0.2) is 4.79 Å². The fourth-order valence-corrected chi connectivity index (χ4v) is 2.68. The summed E-state index contributed by atoms with van der Waals surface area (Å²) in [6, 6.07) is 6.25. The number of urea groups is 1. The van der Waals surface area contributed by atoms with E-state index in [4.69, 9.17) is 11.5 Å². The van der Waals surface area contributed by atoms with Gasteiger partial charge in [-0.05, 0) is 43.9 Å². The maximum absolute atomic E-state index is 12.5. The van der Waals surface area contributed by atoms with Crippen molar-refractivity contribution in [1.82, 2.24) is 4.90 Å². The minimum Gasteiger partial charge on any atom is -0.351 e. The van der Waals surface area contributed by atoms with Crippen molar-refractivity contribution in [3.8, 4) is 0 Å². The summed E-state index contributed by atoms with van der Waals surface area (Å²) < 4.78 is 0. The van der Waals surface area contributed by atoms with Crippen molar-refractivity contribution in [1.29, 1.82) is 0 Å². The summed E-state index contributed by atoms with van der Waals surface area (Å²) in [5.74, 6) is 0.308. The van der Waals surface area contributed by atoms with Crippen LogP contribution < -0.4 is 16.8 Å². The number of hydrogen-bond acceptors (Lipinski definition) is 3. The number of likely N-dealkylation sites (tertiary alicyclic amines) is 1. The quantitative estimate of drug-likeness (QED) is 0.783. The average molecular weight is 290 g/mol. The second-order valence-corrected chi connectivity index (χ2v) is 5.58. The van der Waals surface area contributed by atoms with Gasteiger partial charge in [-0.1, -0.05) is 6.07 Å². The molecule has 1 fully saturated rings. The van der Waals surface area contributed by atoms with Crippen LogP contribution in [0.1, 0.15) is 30.1 Å². The van der Waals surface area contributed by atoms with Crippen molar-refractivity contribution in [3.63, 3.8) is 0 Å². The van der Waals surface area contributed by atoms with Gasteiger partial charge in [0.25, 0.3) is 5.91 Å². The minimum atomic E-state index is -0.644. The summed E-state index contributed by atoms with van der Waals surface area (Å²) in [5.41, 5.74) is 12.1. The Morgan fingerprint density at radius 1 is 1.43 bits per heavy atom. The Balaban J connectivity index is 2.10. The molecular formula is C15H22N4O2. The van der Waals surface area contributed by atoms with Gasteiger partial charge in [0.2, 0.25) is 0 Å². The molecule has 5 N–H and O–H groups in total. The van der Waals surface area contributed by atoms with Crippen LogP contribution in [-0.4, -0.2) is 36.0 Å². The molecular weight excluding hydrogens is 268 g/mol. The zero-order valence-electron chi connectivity index (χ0n) is 12.2. The zero-order chi connectivity index (χ0) is 15.4. The van der Waals surface area contributed by atoms with Crippen LogP contribution in [0.25, 0.3) is 0 Å². The van der Waals surface area contributed by atoms with Gasteiger partial charge in [0.05, 0.1) is 0 Å². The summed E-state index contributed by atoms with van der Waals surface area (Å²) >= 11 is 0. The molecule has 0 spiro atoms. The Kier molecular flexibility index (Phi) is 4.80. The van der Waals surface area contributed by atoms with Crippen LogP contribution in [0.3, 0.4) is 0 Å². The van der Waals surface area contributed by atoms with Gasteiger partial charge in [0.15, 0.2) is 0 Å². The van der Waals surface area contributed by atoms with E-state index < -0.39 is 6.03 Å². The molecule has 0 radical (unpaired) electrons. The SMILES string of the molecule is CC(N)C1CCCN(C(=O)c2cccc(NC(N)=O)c2)C1. The molecule has 1 heterocycles. The van der Waals surface area contributed by atoms with E-state index in [1.807, 2.05) is 11.8 Å². The fourth-order valence-electron chi connectivity index (χ4n) is 2.68. The lowest BCUT2D eigenvalue weighted by Crippen LogP contribution is -2.45. The Morgan fingerprint density at radius 2 is 2.19 bits per heavy atom. The van der Waals surface area contributed by atoms with Crippen molar-refractivity contribution in [2.75, 3.05) is 18.4 Å². The maximum Gasteiger partial charge on any atom is 0.316 e. The van der Waals surface area contributed by atoms with Crippen LogP contribution in [0.2, 0.25) is 0 Å². The summed E-state index contributed by atoms with van der Waals surface area (Å²) in [6.07, 6.45) is 2.03. The highest BCUT2D eigenvalue weighted by Gasteiger charge is 2.26. The number of hydrogen-bond donors (Lipinski definition) is 3. The first kappa shape index (κ1) is 15.3. The number of primary amides is 1. The van der Waals surface area contributed by atoms with Gasteiger partial charge in [0.1, 0.15) is 0 Å². The third-order valence-corrected chi connectivity index (χ3v) is 3.87. The normalized spacial score (nSPS) is 19.9. The Morgan fingerprint density at radius 3 is 2.86 bits per heavy atom. The number of rotatable bonds is 3. The van der Waals surface area contributed by atoms with Crippen LogP contribution in [0.4, 0.5) is 10.5 Å². The van der Waals surface area contributed by atoms with Crippen LogP contribution in [-0.2, 0) is 0 Å². The highest BCUT2D eigenvalue weighted by molar-refractivity contribution is 5.96. The Labute approximate surface area is 124 Å². The van der Waals surface area contributed by atoms with E-state index >= 15 is 0 Å². The van der Waals surface area contributed by atoms with E-state index in [2.05, 4.69) is 5.32 Å². The highest BCUT2D eigenvalue weighted by Crippen LogP contribution is 2.21.